The van der Waals surface area contributed by atoms with Crippen LogP contribution in [0.4, 0.5) is 4.79 Å². The van der Waals surface area contributed by atoms with Crippen LogP contribution < -0.4 is 10.5 Å². The van der Waals surface area contributed by atoms with Gasteiger partial charge in [-0.2, -0.15) is 0 Å². The smallest absolute Gasteiger partial charge is 0.322 e. The zero-order valence-electron chi connectivity index (χ0n) is 11.9. The molecule has 3 N–H and O–H groups in total. The maximum atomic E-state index is 10.8. The average Bonchev–Trinajstić information content (AvgIpc) is 2.79. The molecule has 19 heavy (non-hydrogen) atoms. The summed E-state index contributed by atoms with van der Waals surface area (Å²) in [5, 5.41) is 0.542. The van der Waals surface area contributed by atoms with E-state index in [1.165, 1.54) is 70.0 Å². The van der Waals surface area contributed by atoms with Crippen molar-refractivity contribution in [3.63, 3.8) is 0 Å². The molecule has 4 nitrogen and oxygen atoms in total. The van der Waals surface area contributed by atoms with Gasteiger partial charge in [0.05, 0.1) is 0 Å². The Morgan fingerprint density at radius 3 is 2.95 bits per heavy atom. The van der Waals surface area contributed by atoms with Gasteiger partial charge in [-0.05, 0) is 63.1 Å². The third-order valence-corrected chi connectivity index (χ3v) is 5.62. The van der Waals surface area contributed by atoms with Gasteiger partial charge in [0.25, 0.3) is 0 Å². The summed E-state index contributed by atoms with van der Waals surface area (Å²) in [7, 11) is 0. The van der Waals surface area contributed by atoms with Crippen molar-refractivity contribution >= 4 is 18.0 Å². The number of hydrogen-bond acceptors (Lipinski definition) is 3. The lowest BCUT2D eigenvalue weighted by molar-refractivity contribution is 0.183. The Balaban J connectivity index is 1.78. The van der Waals surface area contributed by atoms with E-state index < -0.39 is 6.03 Å². The van der Waals surface area contributed by atoms with E-state index in [0.29, 0.717) is 5.25 Å². The fourth-order valence-corrected chi connectivity index (χ4v) is 4.37. The maximum absolute atomic E-state index is 10.8. The summed E-state index contributed by atoms with van der Waals surface area (Å²) in [6, 6.07) is 0.330. The monoisotopic (exact) mass is 285 g/mol. The van der Waals surface area contributed by atoms with E-state index in [9.17, 15) is 4.79 Å². The number of unbranched alkanes of at least 4 members (excludes halogenated alkanes) is 2. The number of hydrogen-bond donors (Lipinski definition) is 2. The summed E-state index contributed by atoms with van der Waals surface area (Å²) in [5.74, 6) is 0.895. The quantitative estimate of drug-likeness (QED) is 0.583. The number of nitrogens with two attached hydrogens (primary N) is 1. The Bertz CT molecular complexity index is 300. The number of urea groups is 1. The van der Waals surface area contributed by atoms with Crippen molar-refractivity contribution < 1.29 is 4.79 Å². The molecular weight excluding hydrogens is 258 g/mol. The number of amides is 2. The van der Waals surface area contributed by atoms with Gasteiger partial charge in [-0.3, -0.25) is 4.72 Å². The first kappa shape index (κ1) is 15.0. The second kappa shape index (κ2) is 7.39. The van der Waals surface area contributed by atoms with Gasteiger partial charge in [0.2, 0.25) is 0 Å². The average molecular weight is 285 g/mol. The summed E-state index contributed by atoms with van der Waals surface area (Å²) in [6.45, 7) is 4.80. The zero-order valence-corrected chi connectivity index (χ0v) is 12.8. The molecule has 1 heterocycles. The number of carbonyl (C=O) groups is 1. The van der Waals surface area contributed by atoms with Crippen molar-refractivity contribution in [2.45, 2.75) is 63.2 Å². The van der Waals surface area contributed by atoms with Crippen molar-refractivity contribution in [1.29, 1.82) is 0 Å². The zero-order chi connectivity index (χ0) is 13.7. The van der Waals surface area contributed by atoms with Crippen LogP contribution in [-0.2, 0) is 0 Å². The molecule has 1 aliphatic carbocycles. The summed E-state index contributed by atoms with van der Waals surface area (Å²) in [6.07, 6.45) is 9.08. The highest BCUT2D eigenvalue weighted by molar-refractivity contribution is 7.98. The highest BCUT2D eigenvalue weighted by Gasteiger charge is 2.38. The minimum atomic E-state index is -0.418. The van der Waals surface area contributed by atoms with Gasteiger partial charge in [0, 0.05) is 11.3 Å². The van der Waals surface area contributed by atoms with Crippen LogP contribution in [0.25, 0.3) is 0 Å². The number of nitrogens with zero attached hydrogens (tertiary/aromatic N) is 1. The number of rotatable bonds is 6. The molecule has 2 aliphatic rings. The van der Waals surface area contributed by atoms with Gasteiger partial charge >= 0.3 is 6.03 Å². The molecule has 2 rings (SSSR count). The van der Waals surface area contributed by atoms with E-state index in [-0.39, 0.29) is 0 Å². The van der Waals surface area contributed by atoms with Gasteiger partial charge < -0.3 is 10.6 Å². The number of primary amides is 1. The van der Waals surface area contributed by atoms with Crippen LogP contribution in [0.5, 0.6) is 0 Å². The molecule has 3 atom stereocenters. The molecule has 0 aromatic carbocycles. The highest BCUT2D eigenvalue weighted by atomic mass is 32.2. The molecule has 110 valence electrons. The van der Waals surface area contributed by atoms with E-state index in [4.69, 9.17) is 5.73 Å². The summed E-state index contributed by atoms with van der Waals surface area (Å²) in [4.78, 5) is 13.5. The number of likely N-dealkylation sites (tertiary alicyclic amines) is 1. The van der Waals surface area contributed by atoms with Crippen LogP contribution in [0.3, 0.4) is 0 Å². The summed E-state index contributed by atoms with van der Waals surface area (Å²) < 4.78 is 2.70. The Morgan fingerprint density at radius 2 is 2.21 bits per heavy atom. The lowest BCUT2D eigenvalue weighted by atomic mass is 9.85. The molecular formula is C14H27N3OS. The molecule has 2 fully saturated rings. The molecule has 1 saturated carbocycles. The van der Waals surface area contributed by atoms with E-state index in [1.807, 2.05) is 0 Å². The number of carbonyl (C=O) groups excluding carboxylic acids is 1. The van der Waals surface area contributed by atoms with Crippen LogP contribution in [0.2, 0.25) is 0 Å². The molecule has 2 amide bonds. The van der Waals surface area contributed by atoms with Crippen LogP contribution in [0.1, 0.15) is 51.9 Å². The van der Waals surface area contributed by atoms with Gasteiger partial charge in [0.15, 0.2) is 0 Å². The maximum Gasteiger partial charge on any atom is 0.322 e. The predicted molar refractivity (Wildman–Crippen MR) is 80.9 cm³/mol. The van der Waals surface area contributed by atoms with Crippen molar-refractivity contribution in [2.24, 2.45) is 11.7 Å². The molecule has 0 aromatic heterocycles. The van der Waals surface area contributed by atoms with Crippen LogP contribution >= 0.6 is 11.9 Å². The summed E-state index contributed by atoms with van der Waals surface area (Å²) in [5.41, 5.74) is 5.14. The predicted octanol–water partition coefficient (Wildman–Crippen LogP) is 2.74. The second-order valence-electron chi connectivity index (χ2n) is 5.88. The SMILES string of the molecule is CCCCCN1CCC2CCC(SNC(N)=O)CC21. The Morgan fingerprint density at radius 1 is 1.37 bits per heavy atom. The molecule has 1 aliphatic heterocycles. The Kier molecular flexibility index (Phi) is 5.82. The standard InChI is InChI=1S/C14H27N3OS/c1-2-3-4-8-17-9-7-11-5-6-12(10-13(11)17)19-16-14(15)18/h11-13H,2-10H2,1H3,(H3,15,16,18). The van der Waals surface area contributed by atoms with Gasteiger partial charge in [-0.1, -0.05) is 19.8 Å². The normalized spacial score (nSPS) is 31.1. The van der Waals surface area contributed by atoms with Gasteiger partial charge in [-0.15, -0.1) is 0 Å². The fourth-order valence-electron chi connectivity index (χ4n) is 3.54. The van der Waals surface area contributed by atoms with Crippen LogP contribution in [0, 0.1) is 5.92 Å². The third-order valence-electron chi connectivity index (χ3n) is 4.54. The lowest BCUT2D eigenvalue weighted by Crippen LogP contribution is -2.40. The fraction of sp³-hybridized carbons (Fsp3) is 0.929. The van der Waals surface area contributed by atoms with Crippen molar-refractivity contribution in [2.75, 3.05) is 13.1 Å². The Hall–Kier alpha value is -0.420. The first-order chi connectivity index (χ1) is 9.20. The molecule has 0 spiro atoms. The highest BCUT2D eigenvalue weighted by Crippen LogP contribution is 2.39. The van der Waals surface area contributed by atoms with Crippen LogP contribution in [-0.4, -0.2) is 35.3 Å². The number of nitrogens with one attached hydrogen (secondary N) is 1. The minimum absolute atomic E-state index is 0.418. The van der Waals surface area contributed by atoms with Gasteiger partial charge in [0.1, 0.15) is 0 Å². The van der Waals surface area contributed by atoms with Crippen molar-refractivity contribution in [1.82, 2.24) is 9.62 Å². The topological polar surface area (TPSA) is 58.4 Å². The molecule has 0 radical (unpaired) electrons. The van der Waals surface area contributed by atoms with Gasteiger partial charge in [-0.25, -0.2) is 4.79 Å². The number of fused-ring (bicyclic) bond motifs is 1. The van der Waals surface area contributed by atoms with E-state index >= 15 is 0 Å². The van der Waals surface area contributed by atoms with E-state index in [2.05, 4.69) is 16.5 Å². The third kappa shape index (κ3) is 4.28. The lowest BCUT2D eigenvalue weighted by Gasteiger charge is -2.35. The molecule has 0 bridgehead atoms. The second-order valence-corrected chi connectivity index (χ2v) is 6.98. The van der Waals surface area contributed by atoms with Crippen molar-refractivity contribution in [3.8, 4) is 0 Å². The van der Waals surface area contributed by atoms with Crippen LogP contribution in [0.15, 0.2) is 0 Å². The Labute approximate surface area is 121 Å². The minimum Gasteiger partial charge on any atom is -0.351 e. The first-order valence-electron chi connectivity index (χ1n) is 7.65. The molecule has 0 aromatic rings. The molecule has 5 heteroatoms. The van der Waals surface area contributed by atoms with Crippen molar-refractivity contribution in [3.05, 3.63) is 0 Å². The van der Waals surface area contributed by atoms with E-state index in [0.717, 1.165) is 12.0 Å². The van der Waals surface area contributed by atoms with E-state index in [1.54, 1.807) is 0 Å². The molecule has 1 saturated heterocycles. The largest absolute Gasteiger partial charge is 0.351 e. The summed E-state index contributed by atoms with van der Waals surface area (Å²) >= 11 is 1.53. The first-order valence-corrected chi connectivity index (χ1v) is 8.53. The molecule has 3 unspecified atom stereocenters.